The average Bonchev–Trinajstić information content (AvgIpc) is 2.40. The van der Waals surface area contributed by atoms with E-state index in [1.54, 1.807) is 0 Å². The van der Waals surface area contributed by atoms with Gasteiger partial charge in [-0.1, -0.05) is 19.9 Å². The van der Waals surface area contributed by atoms with Crippen LogP contribution in [0.2, 0.25) is 0 Å². The fraction of sp³-hybridized carbons (Fsp3) is 0.667. The monoisotopic (exact) mass is 263 g/mol. The van der Waals surface area contributed by atoms with Crippen LogP contribution in [-0.2, 0) is 6.54 Å². The molecule has 0 saturated carbocycles. The maximum atomic E-state index is 5.93. The number of rotatable bonds is 5. The first kappa shape index (κ1) is 14.3. The number of likely N-dealkylation sites (tertiary alicyclic amines) is 1. The SMILES string of the molecule is CC(C)NCc1ccc(OC2CCN(C)CC2)nc1. The molecule has 0 atom stereocenters. The number of nitrogens with one attached hydrogen (secondary N) is 1. The van der Waals surface area contributed by atoms with E-state index in [1.807, 2.05) is 12.3 Å². The second-order valence-electron chi connectivity index (χ2n) is 5.66. The third-order valence-electron chi connectivity index (χ3n) is 3.47. The molecule has 1 fully saturated rings. The van der Waals surface area contributed by atoms with Crippen LogP contribution in [0.15, 0.2) is 18.3 Å². The first-order valence-electron chi connectivity index (χ1n) is 7.17. The van der Waals surface area contributed by atoms with Crippen molar-refractivity contribution in [2.45, 2.75) is 45.4 Å². The summed E-state index contributed by atoms with van der Waals surface area (Å²) in [4.78, 5) is 6.74. The van der Waals surface area contributed by atoms with Crippen molar-refractivity contribution in [3.8, 4) is 5.88 Å². The summed E-state index contributed by atoms with van der Waals surface area (Å²) in [5.41, 5.74) is 1.20. The standard InChI is InChI=1S/C15H25N3O/c1-12(2)16-10-13-4-5-15(17-11-13)19-14-6-8-18(3)9-7-14/h4-5,11-12,14,16H,6-10H2,1-3H3. The molecule has 1 aromatic heterocycles. The Morgan fingerprint density at radius 2 is 2.11 bits per heavy atom. The molecular weight excluding hydrogens is 238 g/mol. The molecule has 0 spiro atoms. The number of piperidine rings is 1. The van der Waals surface area contributed by atoms with Gasteiger partial charge in [-0.2, -0.15) is 0 Å². The quantitative estimate of drug-likeness (QED) is 0.882. The van der Waals surface area contributed by atoms with Gasteiger partial charge in [0.05, 0.1) is 0 Å². The van der Waals surface area contributed by atoms with Crippen molar-refractivity contribution in [1.82, 2.24) is 15.2 Å². The van der Waals surface area contributed by atoms with Crippen LogP contribution in [0.4, 0.5) is 0 Å². The summed E-state index contributed by atoms with van der Waals surface area (Å²) in [6, 6.07) is 4.57. The van der Waals surface area contributed by atoms with Crippen LogP contribution in [0.1, 0.15) is 32.3 Å². The van der Waals surface area contributed by atoms with Crippen LogP contribution >= 0.6 is 0 Å². The molecular formula is C15H25N3O. The van der Waals surface area contributed by atoms with Crippen LogP contribution in [0.3, 0.4) is 0 Å². The Morgan fingerprint density at radius 3 is 2.68 bits per heavy atom. The summed E-state index contributed by atoms with van der Waals surface area (Å²) in [5, 5.41) is 3.38. The Hall–Kier alpha value is -1.13. The van der Waals surface area contributed by atoms with Crippen molar-refractivity contribution in [1.29, 1.82) is 0 Å². The van der Waals surface area contributed by atoms with Crippen molar-refractivity contribution >= 4 is 0 Å². The van der Waals surface area contributed by atoms with E-state index in [1.165, 1.54) is 5.56 Å². The molecule has 0 aliphatic carbocycles. The molecule has 0 unspecified atom stereocenters. The molecule has 1 N–H and O–H groups in total. The van der Waals surface area contributed by atoms with Gasteiger partial charge < -0.3 is 15.0 Å². The molecule has 4 nitrogen and oxygen atoms in total. The zero-order chi connectivity index (χ0) is 13.7. The number of ether oxygens (including phenoxy) is 1. The van der Waals surface area contributed by atoms with E-state index in [2.05, 4.69) is 42.2 Å². The predicted octanol–water partition coefficient (Wildman–Crippen LogP) is 2.05. The van der Waals surface area contributed by atoms with E-state index in [0.717, 1.165) is 38.4 Å². The molecule has 106 valence electrons. The van der Waals surface area contributed by atoms with Crippen LogP contribution in [0.5, 0.6) is 5.88 Å². The fourth-order valence-corrected chi connectivity index (χ4v) is 2.18. The minimum absolute atomic E-state index is 0.323. The first-order valence-corrected chi connectivity index (χ1v) is 7.17. The van der Waals surface area contributed by atoms with Gasteiger partial charge in [-0.25, -0.2) is 4.98 Å². The lowest BCUT2D eigenvalue weighted by molar-refractivity contribution is 0.110. The number of nitrogens with zero attached hydrogens (tertiary/aromatic N) is 2. The van der Waals surface area contributed by atoms with Crippen molar-refractivity contribution in [3.63, 3.8) is 0 Å². The Kier molecular flexibility index (Phi) is 5.16. The van der Waals surface area contributed by atoms with E-state index in [4.69, 9.17) is 4.74 Å². The van der Waals surface area contributed by atoms with Crippen molar-refractivity contribution in [2.24, 2.45) is 0 Å². The van der Waals surface area contributed by atoms with Gasteiger partial charge in [0, 0.05) is 37.9 Å². The third kappa shape index (κ3) is 4.80. The summed E-state index contributed by atoms with van der Waals surface area (Å²) in [5.74, 6) is 0.753. The lowest BCUT2D eigenvalue weighted by Crippen LogP contribution is -2.35. The minimum atomic E-state index is 0.323. The van der Waals surface area contributed by atoms with Crippen LogP contribution in [0, 0.1) is 0 Å². The maximum absolute atomic E-state index is 5.93. The second kappa shape index (κ2) is 6.87. The lowest BCUT2D eigenvalue weighted by Gasteiger charge is -2.28. The molecule has 19 heavy (non-hydrogen) atoms. The zero-order valence-electron chi connectivity index (χ0n) is 12.2. The molecule has 2 rings (SSSR count). The van der Waals surface area contributed by atoms with E-state index >= 15 is 0 Å². The molecule has 0 bridgehead atoms. The molecule has 2 heterocycles. The number of hydrogen-bond donors (Lipinski definition) is 1. The number of aromatic nitrogens is 1. The van der Waals surface area contributed by atoms with Crippen LogP contribution in [0.25, 0.3) is 0 Å². The van der Waals surface area contributed by atoms with Crippen LogP contribution < -0.4 is 10.1 Å². The summed E-state index contributed by atoms with van der Waals surface area (Å²) in [6.45, 7) is 7.37. The average molecular weight is 263 g/mol. The smallest absolute Gasteiger partial charge is 0.213 e. The van der Waals surface area contributed by atoms with Gasteiger partial charge in [0.1, 0.15) is 6.10 Å². The number of pyridine rings is 1. The molecule has 1 aliphatic rings. The third-order valence-corrected chi connectivity index (χ3v) is 3.47. The molecule has 1 aliphatic heterocycles. The first-order chi connectivity index (χ1) is 9.13. The topological polar surface area (TPSA) is 37.4 Å². The lowest BCUT2D eigenvalue weighted by atomic mass is 10.1. The largest absolute Gasteiger partial charge is 0.474 e. The van der Waals surface area contributed by atoms with E-state index < -0.39 is 0 Å². The summed E-state index contributed by atoms with van der Waals surface area (Å²) in [7, 11) is 2.16. The van der Waals surface area contributed by atoms with Gasteiger partial charge in [0.25, 0.3) is 0 Å². The predicted molar refractivity (Wildman–Crippen MR) is 77.4 cm³/mol. The normalized spacial score (nSPS) is 17.9. The Morgan fingerprint density at radius 1 is 1.37 bits per heavy atom. The molecule has 0 aromatic carbocycles. The highest BCUT2D eigenvalue weighted by Crippen LogP contribution is 2.16. The van der Waals surface area contributed by atoms with Gasteiger partial charge in [-0.15, -0.1) is 0 Å². The van der Waals surface area contributed by atoms with Gasteiger partial charge in [0.2, 0.25) is 5.88 Å². The minimum Gasteiger partial charge on any atom is -0.474 e. The van der Waals surface area contributed by atoms with Crippen LogP contribution in [-0.4, -0.2) is 42.2 Å². The molecule has 0 amide bonds. The highest BCUT2D eigenvalue weighted by molar-refractivity contribution is 5.18. The number of hydrogen-bond acceptors (Lipinski definition) is 4. The summed E-state index contributed by atoms with van der Waals surface area (Å²) < 4.78 is 5.93. The summed E-state index contributed by atoms with van der Waals surface area (Å²) >= 11 is 0. The second-order valence-corrected chi connectivity index (χ2v) is 5.66. The van der Waals surface area contributed by atoms with Crippen molar-refractivity contribution < 1.29 is 4.74 Å². The molecule has 0 radical (unpaired) electrons. The maximum Gasteiger partial charge on any atom is 0.213 e. The highest BCUT2D eigenvalue weighted by Gasteiger charge is 2.18. The molecule has 1 aromatic rings. The highest BCUT2D eigenvalue weighted by atomic mass is 16.5. The van der Waals surface area contributed by atoms with Crippen molar-refractivity contribution in [3.05, 3.63) is 23.9 Å². The van der Waals surface area contributed by atoms with E-state index in [9.17, 15) is 0 Å². The Bertz CT molecular complexity index is 369. The van der Waals surface area contributed by atoms with Gasteiger partial charge in [0.15, 0.2) is 0 Å². The van der Waals surface area contributed by atoms with Gasteiger partial charge in [-0.05, 0) is 25.5 Å². The summed E-state index contributed by atoms with van der Waals surface area (Å²) in [6.07, 6.45) is 4.41. The van der Waals surface area contributed by atoms with Gasteiger partial charge in [-0.3, -0.25) is 0 Å². The van der Waals surface area contributed by atoms with E-state index in [-0.39, 0.29) is 0 Å². The zero-order valence-corrected chi connectivity index (χ0v) is 12.2. The van der Waals surface area contributed by atoms with Gasteiger partial charge >= 0.3 is 0 Å². The fourth-order valence-electron chi connectivity index (χ4n) is 2.18. The molecule has 4 heteroatoms. The van der Waals surface area contributed by atoms with E-state index in [0.29, 0.717) is 12.1 Å². The molecule has 1 saturated heterocycles. The Balaban J connectivity index is 1.81. The van der Waals surface area contributed by atoms with Crippen molar-refractivity contribution in [2.75, 3.05) is 20.1 Å². The Labute approximate surface area is 116 Å².